The van der Waals surface area contributed by atoms with Crippen LogP contribution in [-0.4, -0.2) is 11.2 Å². The Bertz CT molecular complexity index is 95.3. The second kappa shape index (κ2) is 8.55. The van der Waals surface area contributed by atoms with E-state index in [2.05, 4.69) is 20.8 Å². The quantitative estimate of drug-likeness (QED) is 0.696. The van der Waals surface area contributed by atoms with Crippen LogP contribution in [-0.2, 0) is 0 Å². The van der Waals surface area contributed by atoms with Gasteiger partial charge in [0, 0.05) is 0 Å². The summed E-state index contributed by atoms with van der Waals surface area (Å²) >= 11 is 0. The number of hydrogen-bond donors (Lipinski definition) is 1. The van der Waals surface area contributed by atoms with E-state index in [-0.39, 0.29) is 6.10 Å². The van der Waals surface area contributed by atoms with Gasteiger partial charge in [0.15, 0.2) is 0 Å². The molecule has 0 spiro atoms. The summed E-state index contributed by atoms with van der Waals surface area (Å²) in [7, 11) is 0. The molecule has 1 atom stereocenters. The van der Waals surface area contributed by atoms with Crippen molar-refractivity contribution in [2.45, 2.75) is 71.8 Å². The van der Waals surface area contributed by atoms with Crippen molar-refractivity contribution in [3.05, 3.63) is 0 Å². The first-order valence-electron chi connectivity index (χ1n) is 5.94. The Labute approximate surface area is 83.5 Å². The van der Waals surface area contributed by atoms with Gasteiger partial charge in [-0.05, 0) is 25.2 Å². The van der Waals surface area contributed by atoms with Crippen molar-refractivity contribution in [1.29, 1.82) is 0 Å². The van der Waals surface area contributed by atoms with Crippen LogP contribution in [0.2, 0.25) is 0 Å². The lowest BCUT2D eigenvalue weighted by Gasteiger charge is -2.25. The Kier molecular flexibility index (Phi) is 8.53. The van der Waals surface area contributed by atoms with Gasteiger partial charge in [0.2, 0.25) is 0 Å². The Balaban J connectivity index is 0.000000424. The third-order valence-electron chi connectivity index (χ3n) is 2.61. The van der Waals surface area contributed by atoms with Crippen molar-refractivity contribution in [3.8, 4) is 0 Å². The van der Waals surface area contributed by atoms with Crippen LogP contribution in [0.4, 0.5) is 0 Å². The Morgan fingerprint density at radius 2 is 1.54 bits per heavy atom. The molecule has 13 heavy (non-hydrogen) atoms. The van der Waals surface area contributed by atoms with Gasteiger partial charge in [0.05, 0.1) is 6.10 Å². The van der Waals surface area contributed by atoms with E-state index in [0.717, 1.165) is 6.42 Å². The van der Waals surface area contributed by atoms with Crippen LogP contribution in [0.1, 0.15) is 65.7 Å². The van der Waals surface area contributed by atoms with E-state index >= 15 is 0 Å². The molecule has 1 heteroatoms. The first-order chi connectivity index (χ1) is 6.26. The molecule has 1 nitrogen and oxygen atoms in total. The fourth-order valence-electron chi connectivity index (χ4n) is 1.85. The maximum Gasteiger partial charge on any atom is 0.0565 e. The summed E-state index contributed by atoms with van der Waals surface area (Å²) in [5, 5.41) is 9.48. The molecule has 1 N–H and O–H groups in total. The fourth-order valence-corrected chi connectivity index (χ4v) is 1.85. The maximum atomic E-state index is 9.48. The normalized spacial score (nSPS) is 20.3. The molecule has 1 aliphatic rings. The van der Waals surface area contributed by atoms with Gasteiger partial charge in [-0.1, -0.05) is 46.5 Å². The predicted molar refractivity (Wildman–Crippen MR) is 58.8 cm³/mol. The molecule has 80 valence electrons. The molecular weight excluding hydrogens is 160 g/mol. The van der Waals surface area contributed by atoms with E-state index in [4.69, 9.17) is 0 Å². The zero-order valence-electron chi connectivity index (χ0n) is 9.55. The van der Waals surface area contributed by atoms with Crippen molar-refractivity contribution in [3.63, 3.8) is 0 Å². The molecule has 0 heterocycles. The summed E-state index contributed by atoms with van der Waals surface area (Å²) < 4.78 is 0. The van der Waals surface area contributed by atoms with Crippen molar-refractivity contribution < 1.29 is 5.11 Å². The lowest BCUT2D eigenvalue weighted by molar-refractivity contribution is 0.0816. The van der Waals surface area contributed by atoms with Crippen LogP contribution < -0.4 is 0 Å². The highest BCUT2D eigenvalue weighted by Crippen LogP contribution is 2.27. The summed E-state index contributed by atoms with van der Waals surface area (Å²) in [5.74, 6) is 0.624. The highest BCUT2D eigenvalue weighted by Gasteiger charge is 2.19. The van der Waals surface area contributed by atoms with Gasteiger partial charge >= 0.3 is 0 Å². The highest BCUT2D eigenvalue weighted by atomic mass is 16.3. The van der Waals surface area contributed by atoms with Gasteiger partial charge in [-0.25, -0.2) is 0 Å². The molecule has 0 amide bonds. The average Bonchev–Trinajstić information content (AvgIpc) is 2.19. The molecule has 0 aromatic rings. The molecule has 1 aliphatic carbocycles. The monoisotopic (exact) mass is 186 g/mol. The minimum atomic E-state index is -0.0136. The van der Waals surface area contributed by atoms with Crippen LogP contribution in [0.25, 0.3) is 0 Å². The lowest BCUT2D eigenvalue weighted by Crippen LogP contribution is -2.21. The molecule has 0 saturated heterocycles. The van der Waals surface area contributed by atoms with Gasteiger partial charge in [-0.3, -0.25) is 0 Å². The summed E-state index contributed by atoms with van der Waals surface area (Å²) in [6.45, 7) is 6.32. The highest BCUT2D eigenvalue weighted by molar-refractivity contribution is 4.71. The first-order valence-corrected chi connectivity index (χ1v) is 5.94. The minimum absolute atomic E-state index is 0.0136. The zero-order chi connectivity index (χ0) is 10.1. The molecule has 1 saturated carbocycles. The van der Waals surface area contributed by atoms with Crippen LogP contribution >= 0.6 is 0 Å². The van der Waals surface area contributed by atoms with Gasteiger partial charge in [-0.2, -0.15) is 0 Å². The predicted octanol–water partition coefficient (Wildman–Crippen LogP) is 3.75. The van der Waals surface area contributed by atoms with Gasteiger partial charge in [0.25, 0.3) is 0 Å². The summed E-state index contributed by atoms with van der Waals surface area (Å²) in [6.07, 6.45) is 8.74. The van der Waals surface area contributed by atoms with E-state index in [1.165, 1.54) is 38.5 Å². The summed E-state index contributed by atoms with van der Waals surface area (Å²) in [5.41, 5.74) is 0. The Hall–Kier alpha value is -0.0400. The lowest BCUT2D eigenvalue weighted by atomic mass is 9.84. The molecule has 1 rings (SSSR count). The molecule has 0 aliphatic heterocycles. The van der Waals surface area contributed by atoms with Crippen LogP contribution in [0, 0.1) is 5.92 Å². The van der Waals surface area contributed by atoms with Gasteiger partial charge in [-0.15, -0.1) is 0 Å². The number of hydrogen-bond acceptors (Lipinski definition) is 1. The van der Waals surface area contributed by atoms with Gasteiger partial charge < -0.3 is 5.11 Å². The third kappa shape index (κ3) is 6.09. The Morgan fingerprint density at radius 3 is 1.92 bits per heavy atom. The number of aliphatic hydroxyl groups excluding tert-OH is 1. The van der Waals surface area contributed by atoms with Crippen LogP contribution in [0.3, 0.4) is 0 Å². The minimum Gasteiger partial charge on any atom is -0.393 e. The average molecular weight is 186 g/mol. The van der Waals surface area contributed by atoms with E-state index in [1.54, 1.807) is 0 Å². The molecular formula is C12H26O. The zero-order valence-corrected chi connectivity index (χ0v) is 9.55. The third-order valence-corrected chi connectivity index (χ3v) is 2.61. The molecule has 0 bridgehead atoms. The first kappa shape index (κ1) is 13.0. The van der Waals surface area contributed by atoms with Crippen molar-refractivity contribution in [2.24, 2.45) is 5.92 Å². The second-order valence-electron chi connectivity index (χ2n) is 4.08. The second-order valence-corrected chi connectivity index (χ2v) is 4.08. The topological polar surface area (TPSA) is 20.2 Å². The van der Waals surface area contributed by atoms with E-state index in [1.807, 2.05) is 0 Å². The smallest absolute Gasteiger partial charge is 0.0565 e. The van der Waals surface area contributed by atoms with E-state index in [0.29, 0.717) is 5.92 Å². The van der Waals surface area contributed by atoms with Crippen molar-refractivity contribution >= 4 is 0 Å². The molecule has 0 aromatic heterocycles. The molecule has 1 fully saturated rings. The molecule has 1 unspecified atom stereocenters. The Morgan fingerprint density at radius 1 is 1.08 bits per heavy atom. The maximum absolute atomic E-state index is 9.48. The molecule has 0 radical (unpaired) electrons. The van der Waals surface area contributed by atoms with Crippen molar-refractivity contribution in [2.75, 3.05) is 0 Å². The van der Waals surface area contributed by atoms with E-state index < -0.39 is 0 Å². The largest absolute Gasteiger partial charge is 0.393 e. The van der Waals surface area contributed by atoms with Crippen LogP contribution in [0.15, 0.2) is 0 Å². The van der Waals surface area contributed by atoms with Crippen molar-refractivity contribution in [1.82, 2.24) is 0 Å². The molecule has 0 aromatic carbocycles. The fraction of sp³-hybridized carbons (Fsp3) is 1.00. The summed E-state index contributed by atoms with van der Waals surface area (Å²) in [6, 6.07) is 0. The SMILES string of the molecule is CCC.CCC(O)C1CCCCC1. The van der Waals surface area contributed by atoms with Crippen LogP contribution in [0.5, 0.6) is 0 Å². The number of aliphatic hydroxyl groups is 1. The standard InChI is InChI=1S/C9H18O.C3H8/c1-2-9(10)8-6-4-3-5-7-8;1-3-2/h8-10H,2-7H2,1H3;3H2,1-2H3. The summed E-state index contributed by atoms with van der Waals surface area (Å²) in [4.78, 5) is 0. The van der Waals surface area contributed by atoms with Gasteiger partial charge in [0.1, 0.15) is 0 Å². The van der Waals surface area contributed by atoms with E-state index in [9.17, 15) is 5.11 Å². The number of rotatable bonds is 2.